The number of benzene rings is 1. The first kappa shape index (κ1) is 21.1. The minimum Gasteiger partial charge on any atom is -0.341 e. The van der Waals surface area contributed by atoms with E-state index >= 15 is 0 Å². The molecule has 0 saturated carbocycles. The van der Waals surface area contributed by atoms with E-state index < -0.39 is 0 Å². The van der Waals surface area contributed by atoms with Crippen LogP contribution in [0.5, 0.6) is 0 Å². The van der Waals surface area contributed by atoms with Crippen LogP contribution in [0.15, 0.2) is 34.3 Å². The molecule has 0 radical (unpaired) electrons. The molecule has 4 atom stereocenters. The molecule has 0 aromatic heterocycles. The van der Waals surface area contributed by atoms with E-state index in [1.807, 2.05) is 29.2 Å². The Morgan fingerprint density at radius 1 is 1.23 bits per heavy atom. The molecule has 0 bridgehead atoms. The van der Waals surface area contributed by atoms with Gasteiger partial charge in [0.2, 0.25) is 5.91 Å². The van der Waals surface area contributed by atoms with E-state index in [-0.39, 0.29) is 29.5 Å². The molecule has 7 heteroatoms. The Morgan fingerprint density at radius 3 is 2.63 bits per heavy atom. The van der Waals surface area contributed by atoms with Crippen LogP contribution in [-0.2, 0) is 9.59 Å². The number of aliphatic imine (C=N–C) groups is 2. The molecule has 0 N–H and O–H groups in total. The minimum atomic E-state index is -0.388. The second kappa shape index (κ2) is 8.53. The van der Waals surface area contributed by atoms with Gasteiger partial charge in [0.25, 0.3) is 5.91 Å². The number of thioether (sulfide) groups is 1. The second-order valence-electron chi connectivity index (χ2n) is 8.90. The van der Waals surface area contributed by atoms with Crippen molar-refractivity contribution in [2.45, 2.75) is 46.6 Å². The number of para-hydroxylation sites is 1. The fourth-order valence-electron chi connectivity index (χ4n) is 4.54. The van der Waals surface area contributed by atoms with Gasteiger partial charge < -0.3 is 4.90 Å². The monoisotopic (exact) mass is 426 g/mol. The highest BCUT2D eigenvalue weighted by Gasteiger charge is 2.43. The number of rotatable bonds is 4. The Kier molecular flexibility index (Phi) is 6.00. The van der Waals surface area contributed by atoms with E-state index in [0.717, 1.165) is 30.8 Å². The van der Waals surface area contributed by atoms with Gasteiger partial charge in [-0.2, -0.15) is 0 Å². The maximum Gasteiger partial charge on any atom is 0.259 e. The molecule has 30 heavy (non-hydrogen) atoms. The molecular formula is C23H30N4O2S. The number of nitrogens with zero attached hydrogens (tertiary/aromatic N) is 4. The van der Waals surface area contributed by atoms with Crippen LogP contribution in [0.2, 0.25) is 0 Å². The third-order valence-electron chi connectivity index (χ3n) is 6.23. The van der Waals surface area contributed by atoms with Gasteiger partial charge in [-0.3, -0.25) is 14.6 Å². The van der Waals surface area contributed by atoms with E-state index in [4.69, 9.17) is 9.98 Å². The number of piperidine rings is 1. The van der Waals surface area contributed by atoms with Crippen LogP contribution in [-0.4, -0.2) is 57.5 Å². The van der Waals surface area contributed by atoms with Crippen molar-refractivity contribution in [1.29, 1.82) is 0 Å². The van der Waals surface area contributed by atoms with Crippen molar-refractivity contribution < 1.29 is 9.59 Å². The van der Waals surface area contributed by atoms with Crippen LogP contribution < -0.4 is 0 Å². The maximum atomic E-state index is 13.2. The summed E-state index contributed by atoms with van der Waals surface area (Å²) in [6, 6.07) is 7.38. The highest BCUT2D eigenvalue weighted by atomic mass is 32.2. The van der Waals surface area contributed by atoms with Crippen molar-refractivity contribution in [3.05, 3.63) is 29.8 Å². The largest absolute Gasteiger partial charge is 0.341 e. The van der Waals surface area contributed by atoms with Gasteiger partial charge in [0.1, 0.15) is 11.9 Å². The third-order valence-corrected chi connectivity index (χ3v) is 7.15. The second-order valence-corrected chi connectivity index (χ2v) is 9.84. The van der Waals surface area contributed by atoms with Crippen LogP contribution in [0.3, 0.4) is 0 Å². The molecule has 6 nitrogen and oxygen atoms in total. The van der Waals surface area contributed by atoms with Gasteiger partial charge in [-0.1, -0.05) is 58.0 Å². The quantitative estimate of drug-likeness (QED) is 0.733. The normalized spacial score (nSPS) is 26.7. The first-order chi connectivity index (χ1) is 14.4. The lowest BCUT2D eigenvalue weighted by molar-refractivity contribution is -0.131. The summed E-state index contributed by atoms with van der Waals surface area (Å²) in [4.78, 5) is 39.2. The number of hydrogen-bond donors (Lipinski definition) is 0. The van der Waals surface area contributed by atoms with E-state index in [1.165, 1.54) is 18.2 Å². The smallest absolute Gasteiger partial charge is 0.259 e. The standard InChI is InChI=1S/C23H30N4O2S/c1-5-16(4)20-22(29)27-21(25-20)17-8-6-7-9-18(17)24-23(27)30-13-19(28)26-11-14(2)10-15(3)12-26/h6-9,14-16,20H,5,10-13H2,1-4H3/t14-,15-,16+,20+/m1/s1. The zero-order chi connectivity index (χ0) is 21.4. The van der Waals surface area contributed by atoms with Crippen molar-refractivity contribution in [2.24, 2.45) is 27.7 Å². The van der Waals surface area contributed by atoms with Gasteiger partial charge in [-0.05, 0) is 36.3 Å². The molecule has 3 aliphatic heterocycles. The molecule has 1 fully saturated rings. The van der Waals surface area contributed by atoms with Crippen LogP contribution >= 0.6 is 11.8 Å². The number of likely N-dealkylation sites (tertiary alicyclic amines) is 1. The van der Waals surface area contributed by atoms with Crippen molar-refractivity contribution in [1.82, 2.24) is 9.80 Å². The van der Waals surface area contributed by atoms with Crippen LogP contribution in [0, 0.1) is 17.8 Å². The van der Waals surface area contributed by atoms with E-state index in [9.17, 15) is 9.59 Å². The molecule has 3 aliphatic rings. The summed E-state index contributed by atoms with van der Waals surface area (Å²) in [5, 5.41) is 0.565. The summed E-state index contributed by atoms with van der Waals surface area (Å²) in [5.41, 5.74) is 1.69. The van der Waals surface area contributed by atoms with Gasteiger partial charge in [-0.25, -0.2) is 9.89 Å². The lowest BCUT2D eigenvalue weighted by atomic mass is 9.92. The van der Waals surface area contributed by atoms with Crippen LogP contribution in [0.1, 0.15) is 46.1 Å². The summed E-state index contributed by atoms with van der Waals surface area (Å²) in [5.74, 6) is 2.24. The molecule has 0 spiro atoms. The zero-order valence-corrected chi connectivity index (χ0v) is 19.0. The van der Waals surface area contributed by atoms with Crippen molar-refractivity contribution in [3.63, 3.8) is 0 Å². The molecule has 3 heterocycles. The number of carbonyl (C=O) groups is 2. The van der Waals surface area contributed by atoms with Gasteiger partial charge in [0, 0.05) is 18.7 Å². The molecule has 160 valence electrons. The predicted molar refractivity (Wildman–Crippen MR) is 122 cm³/mol. The average Bonchev–Trinajstić information content (AvgIpc) is 3.08. The van der Waals surface area contributed by atoms with Crippen molar-refractivity contribution in [2.75, 3.05) is 18.8 Å². The summed E-state index contributed by atoms with van der Waals surface area (Å²) >= 11 is 1.35. The zero-order valence-electron chi connectivity index (χ0n) is 18.2. The van der Waals surface area contributed by atoms with Gasteiger partial charge in [0.15, 0.2) is 5.17 Å². The average molecular weight is 427 g/mol. The molecule has 1 aromatic rings. The summed E-state index contributed by atoms with van der Waals surface area (Å²) in [6.45, 7) is 10.2. The van der Waals surface area contributed by atoms with Gasteiger partial charge in [0.05, 0.1) is 11.4 Å². The minimum absolute atomic E-state index is 0.0345. The molecule has 0 aliphatic carbocycles. The lowest BCUT2D eigenvalue weighted by Crippen LogP contribution is -2.45. The molecule has 2 amide bonds. The third kappa shape index (κ3) is 3.92. The van der Waals surface area contributed by atoms with Crippen LogP contribution in [0.4, 0.5) is 5.69 Å². The fourth-order valence-corrected chi connectivity index (χ4v) is 5.45. The Hall–Kier alpha value is -2.15. The van der Waals surface area contributed by atoms with Gasteiger partial charge >= 0.3 is 0 Å². The number of amidine groups is 2. The number of amides is 2. The highest BCUT2D eigenvalue weighted by molar-refractivity contribution is 8.14. The lowest BCUT2D eigenvalue weighted by Gasteiger charge is -2.35. The maximum absolute atomic E-state index is 13.2. The number of hydrogen-bond acceptors (Lipinski definition) is 5. The SMILES string of the molecule is CC[C@H](C)[C@@H]1N=C2c3ccccc3N=C(SCC(=O)N3C[C@H](C)C[C@@H](C)C3)N2C1=O. The molecule has 4 rings (SSSR count). The molecular weight excluding hydrogens is 396 g/mol. The number of carbonyl (C=O) groups excluding carboxylic acids is 2. The molecule has 1 saturated heterocycles. The Labute approximate surface area is 182 Å². The first-order valence-corrected chi connectivity index (χ1v) is 11.9. The van der Waals surface area contributed by atoms with E-state index in [0.29, 0.717) is 22.8 Å². The summed E-state index contributed by atoms with van der Waals surface area (Å²) in [7, 11) is 0. The Morgan fingerprint density at radius 2 is 1.93 bits per heavy atom. The topological polar surface area (TPSA) is 65.3 Å². The summed E-state index contributed by atoms with van der Waals surface area (Å²) < 4.78 is 0. The van der Waals surface area contributed by atoms with Crippen LogP contribution in [0.25, 0.3) is 0 Å². The molecule has 1 aromatic carbocycles. The first-order valence-electron chi connectivity index (χ1n) is 10.9. The van der Waals surface area contributed by atoms with Crippen molar-refractivity contribution in [3.8, 4) is 0 Å². The molecule has 0 unspecified atom stereocenters. The highest BCUT2D eigenvalue weighted by Crippen LogP contribution is 2.35. The number of fused-ring (bicyclic) bond motifs is 3. The predicted octanol–water partition coefficient (Wildman–Crippen LogP) is 3.93. The van der Waals surface area contributed by atoms with E-state index in [1.54, 1.807) is 4.90 Å². The van der Waals surface area contributed by atoms with Crippen molar-refractivity contribution >= 4 is 40.3 Å². The van der Waals surface area contributed by atoms with Gasteiger partial charge in [-0.15, -0.1) is 0 Å². The fraction of sp³-hybridized carbons (Fsp3) is 0.565. The van der Waals surface area contributed by atoms with E-state index in [2.05, 4.69) is 27.7 Å². The summed E-state index contributed by atoms with van der Waals surface area (Å²) in [6.07, 6.45) is 2.05. The Balaban J connectivity index is 1.56. The Bertz CT molecular complexity index is 902.